The third-order valence-corrected chi connectivity index (χ3v) is 4.21. The second kappa shape index (κ2) is 5.08. The topological polar surface area (TPSA) is 41.0 Å². The van der Waals surface area contributed by atoms with Crippen LogP contribution < -0.4 is 10.2 Å². The van der Waals surface area contributed by atoms with E-state index in [4.69, 9.17) is 0 Å². The van der Waals surface area contributed by atoms with E-state index in [1.807, 2.05) is 7.05 Å². The Morgan fingerprint density at radius 3 is 2.26 bits per heavy atom. The lowest BCUT2D eigenvalue weighted by Crippen LogP contribution is -2.50. The summed E-state index contributed by atoms with van der Waals surface area (Å²) in [6.07, 6.45) is 2.29. The molecule has 2 rings (SSSR count). The van der Waals surface area contributed by atoms with Crippen LogP contribution in [0, 0.1) is 0 Å². The van der Waals surface area contributed by atoms with Crippen molar-refractivity contribution in [3.05, 3.63) is 17.8 Å². The lowest BCUT2D eigenvalue weighted by molar-refractivity contribution is 0.304. The Hall–Kier alpha value is -1.16. The van der Waals surface area contributed by atoms with Gasteiger partial charge < -0.3 is 10.2 Å². The molecule has 1 aromatic heterocycles. The highest BCUT2D eigenvalue weighted by molar-refractivity contribution is 5.39. The van der Waals surface area contributed by atoms with Crippen molar-refractivity contribution in [3.8, 4) is 0 Å². The molecule has 108 valence electrons. The maximum atomic E-state index is 4.40. The number of piperidine rings is 1. The molecule has 1 aliphatic rings. The molecule has 1 saturated heterocycles. The van der Waals surface area contributed by atoms with Gasteiger partial charge in [0, 0.05) is 25.5 Å². The molecule has 0 aliphatic carbocycles. The summed E-state index contributed by atoms with van der Waals surface area (Å²) in [5.74, 6) is 1.01. The smallest absolute Gasteiger partial charge is 0.151 e. The molecule has 4 heteroatoms. The first-order chi connectivity index (χ1) is 8.84. The van der Waals surface area contributed by atoms with E-state index in [1.165, 1.54) is 0 Å². The molecule has 1 aromatic rings. The van der Waals surface area contributed by atoms with Crippen LogP contribution in [0.3, 0.4) is 0 Å². The molecule has 19 heavy (non-hydrogen) atoms. The minimum Gasteiger partial charge on any atom is -0.355 e. The fourth-order valence-corrected chi connectivity index (χ4v) is 2.37. The molecule has 0 unspecified atom stereocenters. The summed E-state index contributed by atoms with van der Waals surface area (Å²) in [6, 6.07) is 4.21. The highest BCUT2D eigenvalue weighted by atomic mass is 15.3. The van der Waals surface area contributed by atoms with Gasteiger partial charge >= 0.3 is 0 Å². The first kappa shape index (κ1) is 14.3. The molecule has 0 aromatic carbocycles. The van der Waals surface area contributed by atoms with Crippen molar-refractivity contribution < 1.29 is 1.43 Å². The van der Waals surface area contributed by atoms with Gasteiger partial charge in [-0.3, -0.25) is 0 Å². The Morgan fingerprint density at radius 2 is 1.84 bits per heavy atom. The number of hydrogen-bond donors (Lipinski definition) is 1. The Balaban J connectivity index is 0.00000200. The normalized spacial score (nSPS) is 19.5. The first-order valence-electron chi connectivity index (χ1n) is 7.12. The van der Waals surface area contributed by atoms with Crippen molar-refractivity contribution in [1.82, 2.24) is 15.5 Å². The maximum absolute atomic E-state index is 4.40. The zero-order chi connectivity index (χ0) is 14.1. The minimum atomic E-state index is 0. The van der Waals surface area contributed by atoms with Crippen LogP contribution in [0.5, 0.6) is 0 Å². The molecule has 0 bridgehead atoms. The van der Waals surface area contributed by atoms with Gasteiger partial charge in [-0.2, -0.15) is 5.10 Å². The predicted molar refractivity (Wildman–Crippen MR) is 81.8 cm³/mol. The number of nitrogens with one attached hydrogen (secondary N) is 1. The maximum Gasteiger partial charge on any atom is 0.151 e. The predicted octanol–water partition coefficient (Wildman–Crippen LogP) is 2.60. The van der Waals surface area contributed by atoms with E-state index in [0.717, 1.165) is 37.4 Å². The van der Waals surface area contributed by atoms with Gasteiger partial charge in [0.2, 0.25) is 0 Å². The summed E-state index contributed by atoms with van der Waals surface area (Å²) in [7, 11) is 2.05. The van der Waals surface area contributed by atoms with E-state index in [0.29, 0.717) is 0 Å². The van der Waals surface area contributed by atoms with Crippen molar-refractivity contribution >= 4 is 5.82 Å². The summed E-state index contributed by atoms with van der Waals surface area (Å²) in [5.41, 5.74) is 1.39. The van der Waals surface area contributed by atoms with E-state index in [1.54, 1.807) is 0 Å². The number of anilines is 1. The lowest BCUT2D eigenvalue weighted by Gasteiger charge is -2.39. The molecule has 0 atom stereocenters. The Kier molecular flexibility index (Phi) is 3.81. The fraction of sp³-hybridized carbons (Fsp3) is 0.733. The average molecular weight is 264 g/mol. The largest absolute Gasteiger partial charge is 0.355 e. The van der Waals surface area contributed by atoms with E-state index in [9.17, 15) is 0 Å². The van der Waals surface area contributed by atoms with Crippen molar-refractivity contribution in [1.29, 1.82) is 0 Å². The van der Waals surface area contributed by atoms with E-state index >= 15 is 0 Å². The first-order valence-corrected chi connectivity index (χ1v) is 7.12. The SMILES string of the molecule is CNC1(C)CCN(c2ccc(C(C)(C)C)nn2)CC1.[HH]. The van der Waals surface area contributed by atoms with Gasteiger partial charge in [-0.1, -0.05) is 20.8 Å². The molecular weight excluding hydrogens is 236 g/mol. The summed E-state index contributed by atoms with van der Waals surface area (Å²) >= 11 is 0. The van der Waals surface area contributed by atoms with Crippen LogP contribution >= 0.6 is 0 Å². The second-order valence-electron chi connectivity index (χ2n) is 6.82. The van der Waals surface area contributed by atoms with Crippen LogP contribution in [0.2, 0.25) is 0 Å². The monoisotopic (exact) mass is 264 g/mol. The van der Waals surface area contributed by atoms with Crippen LogP contribution in [-0.4, -0.2) is 35.9 Å². The van der Waals surface area contributed by atoms with Crippen LogP contribution in [0.1, 0.15) is 47.7 Å². The van der Waals surface area contributed by atoms with Gasteiger partial charge in [0.05, 0.1) is 5.69 Å². The summed E-state index contributed by atoms with van der Waals surface area (Å²) < 4.78 is 0. The van der Waals surface area contributed by atoms with Gasteiger partial charge in [-0.05, 0) is 38.9 Å². The lowest BCUT2D eigenvalue weighted by atomic mass is 9.90. The molecule has 0 saturated carbocycles. The van der Waals surface area contributed by atoms with Gasteiger partial charge in [0.25, 0.3) is 0 Å². The Morgan fingerprint density at radius 1 is 1.21 bits per heavy atom. The molecule has 1 N–H and O–H groups in total. The van der Waals surface area contributed by atoms with Crippen LogP contribution in [0.25, 0.3) is 0 Å². The number of rotatable bonds is 2. The van der Waals surface area contributed by atoms with E-state index in [-0.39, 0.29) is 12.4 Å². The molecule has 1 fully saturated rings. The van der Waals surface area contributed by atoms with Crippen LogP contribution in [-0.2, 0) is 5.41 Å². The van der Waals surface area contributed by atoms with Gasteiger partial charge in [-0.25, -0.2) is 0 Å². The summed E-state index contributed by atoms with van der Waals surface area (Å²) in [5, 5.41) is 12.2. The standard InChI is InChI=1S/C15H26N4.H2/c1-14(2,3)12-6-7-13(18-17-12)19-10-8-15(4,16-5)9-11-19;/h6-7,16H,8-11H2,1-5H3;1H. The minimum absolute atomic E-state index is 0. The van der Waals surface area contributed by atoms with Crippen molar-refractivity contribution in [2.24, 2.45) is 0 Å². The molecule has 0 spiro atoms. The summed E-state index contributed by atoms with van der Waals surface area (Å²) in [4.78, 5) is 2.33. The molecule has 1 aliphatic heterocycles. The molecule has 4 nitrogen and oxygen atoms in total. The van der Waals surface area contributed by atoms with Crippen molar-refractivity contribution in [2.75, 3.05) is 25.0 Å². The summed E-state index contributed by atoms with van der Waals surface area (Å²) in [6.45, 7) is 10.9. The highest BCUT2D eigenvalue weighted by Crippen LogP contribution is 2.25. The number of aromatic nitrogens is 2. The van der Waals surface area contributed by atoms with Crippen LogP contribution in [0.4, 0.5) is 5.82 Å². The number of nitrogens with zero attached hydrogens (tertiary/aromatic N) is 3. The molecule has 2 heterocycles. The van der Waals surface area contributed by atoms with Gasteiger partial charge in [0.15, 0.2) is 5.82 Å². The number of hydrogen-bond acceptors (Lipinski definition) is 4. The third-order valence-electron chi connectivity index (χ3n) is 4.21. The zero-order valence-electron chi connectivity index (χ0n) is 12.8. The van der Waals surface area contributed by atoms with Crippen molar-refractivity contribution in [3.63, 3.8) is 0 Å². The van der Waals surface area contributed by atoms with E-state index in [2.05, 4.69) is 60.2 Å². The quantitative estimate of drug-likeness (QED) is 0.891. The third kappa shape index (κ3) is 3.24. The average Bonchev–Trinajstić information content (AvgIpc) is 2.39. The van der Waals surface area contributed by atoms with Gasteiger partial charge in [-0.15, -0.1) is 5.10 Å². The van der Waals surface area contributed by atoms with Crippen molar-refractivity contribution in [2.45, 2.75) is 51.5 Å². The molecule has 0 radical (unpaired) electrons. The Bertz CT molecular complexity index is 416. The zero-order valence-corrected chi connectivity index (χ0v) is 12.8. The Labute approximate surface area is 118 Å². The van der Waals surface area contributed by atoms with Crippen LogP contribution in [0.15, 0.2) is 12.1 Å². The fourth-order valence-electron chi connectivity index (χ4n) is 2.37. The second-order valence-corrected chi connectivity index (χ2v) is 6.82. The molecular formula is C15H28N4. The van der Waals surface area contributed by atoms with Gasteiger partial charge in [0.1, 0.15) is 0 Å². The molecule has 0 amide bonds. The van der Waals surface area contributed by atoms with E-state index < -0.39 is 0 Å². The highest BCUT2D eigenvalue weighted by Gasteiger charge is 2.29.